The van der Waals surface area contributed by atoms with Gasteiger partial charge in [0.1, 0.15) is 24.5 Å². The topological polar surface area (TPSA) is 92.5 Å². The fourth-order valence-electron chi connectivity index (χ4n) is 2.62. The quantitative estimate of drug-likeness (QED) is 0.336. The molecule has 0 aliphatic rings. The van der Waals surface area contributed by atoms with Crippen molar-refractivity contribution in [2.24, 2.45) is 0 Å². The molecule has 146 valence electrons. The van der Waals surface area contributed by atoms with Crippen molar-refractivity contribution < 1.29 is 19.0 Å². The molecule has 0 aliphatic carbocycles. The first-order valence-electron chi connectivity index (χ1n) is 8.93. The number of rotatable bonds is 8. The third kappa shape index (κ3) is 5.52. The lowest BCUT2D eigenvalue weighted by atomic mass is 10.1. The zero-order valence-electron chi connectivity index (χ0n) is 15.6. The van der Waals surface area contributed by atoms with Crippen molar-refractivity contribution in [1.29, 1.82) is 10.8 Å². The van der Waals surface area contributed by atoms with E-state index < -0.39 is 5.97 Å². The molecule has 0 heterocycles. The molecule has 3 rings (SSSR count). The van der Waals surface area contributed by atoms with Gasteiger partial charge in [-0.2, -0.15) is 0 Å². The molecule has 6 nitrogen and oxygen atoms in total. The molecule has 0 saturated carbocycles. The Morgan fingerprint density at radius 1 is 0.862 bits per heavy atom. The molecule has 3 aromatic rings. The summed E-state index contributed by atoms with van der Waals surface area (Å²) in [6.45, 7) is 0.407. The maximum Gasteiger partial charge on any atom is 0.342 e. The number of carbonyl (C=O) groups is 1. The predicted octanol–water partition coefficient (Wildman–Crippen LogP) is 4.57. The molecule has 2 N–H and O–H groups in total. The molecule has 0 amide bonds. The predicted molar refractivity (Wildman–Crippen MR) is 109 cm³/mol. The van der Waals surface area contributed by atoms with Crippen LogP contribution in [0.15, 0.2) is 78.9 Å². The van der Waals surface area contributed by atoms with E-state index in [0.29, 0.717) is 17.7 Å². The van der Waals surface area contributed by atoms with Crippen molar-refractivity contribution in [3.05, 3.63) is 101 Å². The van der Waals surface area contributed by atoms with Crippen molar-refractivity contribution >= 4 is 18.3 Å². The summed E-state index contributed by atoms with van der Waals surface area (Å²) >= 11 is 0. The summed E-state index contributed by atoms with van der Waals surface area (Å²) in [6, 6.07) is 23.6. The fourth-order valence-corrected chi connectivity index (χ4v) is 2.62. The molecule has 0 atom stereocenters. The van der Waals surface area contributed by atoms with Crippen molar-refractivity contribution in [1.82, 2.24) is 0 Å². The summed E-state index contributed by atoms with van der Waals surface area (Å²) in [5, 5.41) is 14.8. The van der Waals surface area contributed by atoms with E-state index in [1.165, 1.54) is 6.07 Å². The highest BCUT2D eigenvalue weighted by molar-refractivity contribution is 5.99. The van der Waals surface area contributed by atoms with E-state index >= 15 is 0 Å². The van der Waals surface area contributed by atoms with Gasteiger partial charge in [0.25, 0.3) is 0 Å². The van der Waals surface area contributed by atoms with Gasteiger partial charge in [-0.3, -0.25) is 10.8 Å². The fraction of sp³-hybridized carbons (Fsp3) is 0.0870. The molecule has 0 saturated heterocycles. The van der Waals surface area contributed by atoms with E-state index in [9.17, 15) is 4.79 Å². The van der Waals surface area contributed by atoms with E-state index in [0.717, 1.165) is 11.1 Å². The molecule has 0 unspecified atom stereocenters. The molecule has 0 radical (unpaired) electrons. The van der Waals surface area contributed by atoms with E-state index in [1.807, 2.05) is 60.7 Å². The Balaban J connectivity index is 1.81. The maximum atomic E-state index is 12.7. The Bertz CT molecular complexity index is 988. The number of hydrogen-bond donors (Lipinski definition) is 2. The third-order valence-corrected chi connectivity index (χ3v) is 4.09. The van der Waals surface area contributed by atoms with Crippen LogP contribution < -0.4 is 4.74 Å². The number of nitrogens with one attached hydrogen (secondary N) is 2. The number of hydrogen-bond acceptors (Lipinski definition) is 6. The van der Waals surface area contributed by atoms with Crippen molar-refractivity contribution in [3.8, 4) is 5.75 Å². The van der Waals surface area contributed by atoms with Gasteiger partial charge < -0.3 is 14.2 Å². The lowest BCUT2D eigenvalue weighted by molar-refractivity contribution is 0.0467. The molecule has 0 bridgehead atoms. The highest BCUT2D eigenvalue weighted by Gasteiger charge is 2.17. The third-order valence-electron chi connectivity index (χ3n) is 4.09. The number of carbonyl (C=O) groups excluding carboxylic acids is 1. The Morgan fingerprint density at radius 3 is 2.10 bits per heavy atom. The van der Waals surface area contributed by atoms with Gasteiger partial charge in [0.15, 0.2) is 6.40 Å². The Kier molecular flexibility index (Phi) is 6.73. The van der Waals surface area contributed by atoms with Gasteiger partial charge in [0, 0.05) is 5.56 Å². The van der Waals surface area contributed by atoms with Crippen LogP contribution in [0, 0.1) is 10.8 Å². The maximum absolute atomic E-state index is 12.7. The number of benzene rings is 3. The van der Waals surface area contributed by atoms with Crippen LogP contribution in [0.3, 0.4) is 0 Å². The van der Waals surface area contributed by atoms with Gasteiger partial charge in [-0.1, -0.05) is 60.7 Å². The SMILES string of the molecule is N=COC(=N)c1ccc(OCc2ccccc2)c(C(=O)OCc2ccccc2)c1. The van der Waals surface area contributed by atoms with Crippen LogP contribution in [0.1, 0.15) is 27.0 Å². The summed E-state index contributed by atoms with van der Waals surface area (Å²) in [7, 11) is 0. The highest BCUT2D eigenvalue weighted by Crippen LogP contribution is 2.23. The second-order valence-electron chi connectivity index (χ2n) is 6.11. The lowest BCUT2D eigenvalue weighted by Crippen LogP contribution is -2.11. The average molecular weight is 388 g/mol. The van der Waals surface area contributed by atoms with E-state index in [2.05, 4.69) is 0 Å². The zero-order chi connectivity index (χ0) is 20.5. The molecular formula is C23H20N2O4. The lowest BCUT2D eigenvalue weighted by Gasteiger charge is -2.13. The average Bonchev–Trinajstić information content (AvgIpc) is 2.77. The van der Waals surface area contributed by atoms with Crippen molar-refractivity contribution in [3.63, 3.8) is 0 Å². The molecule has 3 aromatic carbocycles. The van der Waals surface area contributed by atoms with Gasteiger partial charge in [0.2, 0.25) is 5.90 Å². The van der Waals surface area contributed by atoms with Crippen LogP contribution in [0.2, 0.25) is 0 Å². The first-order valence-corrected chi connectivity index (χ1v) is 8.93. The first kappa shape index (κ1) is 19.8. The van der Waals surface area contributed by atoms with Crippen LogP contribution in [-0.4, -0.2) is 18.3 Å². The van der Waals surface area contributed by atoms with Gasteiger partial charge in [-0.25, -0.2) is 4.79 Å². The molecular weight excluding hydrogens is 368 g/mol. The molecule has 6 heteroatoms. The second kappa shape index (κ2) is 9.85. The molecule has 0 spiro atoms. The summed E-state index contributed by atoms with van der Waals surface area (Å²) in [6.07, 6.45) is 0.662. The minimum atomic E-state index is -0.568. The largest absolute Gasteiger partial charge is 0.488 e. The Hall–Kier alpha value is -3.93. The van der Waals surface area contributed by atoms with Crippen LogP contribution in [0.5, 0.6) is 5.75 Å². The molecule has 0 fully saturated rings. The zero-order valence-corrected chi connectivity index (χ0v) is 15.6. The van der Waals surface area contributed by atoms with Crippen LogP contribution in [0.4, 0.5) is 0 Å². The number of ether oxygens (including phenoxy) is 3. The smallest absolute Gasteiger partial charge is 0.342 e. The van der Waals surface area contributed by atoms with Crippen LogP contribution in [-0.2, 0) is 22.7 Å². The van der Waals surface area contributed by atoms with E-state index in [4.69, 9.17) is 25.0 Å². The van der Waals surface area contributed by atoms with Gasteiger partial charge in [-0.15, -0.1) is 0 Å². The van der Waals surface area contributed by atoms with Crippen molar-refractivity contribution in [2.45, 2.75) is 13.2 Å². The van der Waals surface area contributed by atoms with E-state index in [1.54, 1.807) is 12.1 Å². The Morgan fingerprint density at radius 2 is 1.48 bits per heavy atom. The summed E-state index contributed by atoms with van der Waals surface area (Å²) in [4.78, 5) is 12.7. The summed E-state index contributed by atoms with van der Waals surface area (Å²) in [5.74, 6) is -0.466. The minimum absolute atomic E-state index is 0.121. The van der Waals surface area contributed by atoms with Gasteiger partial charge >= 0.3 is 5.97 Å². The second-order valence-corrected chi connectivity index (χ2v) is 6.11. The number of esters is 1. The normalized spacial score (nSPS) is 10.1. The molecule has 29 heavy (non-hydrogen) atoms. The highest BCUT2D eigenvalue weighted by atomic mass is 16.5. The monoisotopic (exact) mass is 388 g/mol. The summed E-state index contributed by atoms with van der Waals surface area (Å²) < 4.78 is 16.1. The Labute approximate surface area is 168 Å². The van der Waals surface area contributed by atoms with Crippen LogP contribution >= 0.6 is 0 Å². The van der Waals surface area contributed by atoms with Gasteiger partial charge in [0.05, 0.1) is 0 Å². The molecule has 0 aliphatic heterocycles. The van der Waals surface area contributed by atoms with Crippen LogP contribution in [0.25, 0.3) is 0 Å². The molecule has 0 aromatic heterocycles. The standard InChI is InChI=1S/C23H20N2O4/c24-16-29-22(25)19-11-12-21(27-14-17-7-3-1-4-8-17)20(13-19)23(26)28-15-18-9-5-2-6-10-18/h1-13,16,24-25H,14-15H2. The first-order chi connectivity index (χ1) is 14.2. The summed E-state index contributed by atoms with van der Waals surface area (Å²) in [5.41, 5.74) is 2.35. The van der Waals surface area contributed by atoms with E-state index in [-0.39, 0.29) is 24.7 Å². The van der Waals surface area contributed by atoms with Gasteiger partial charge in [-0.05, 0) is 29.3 Å². The minimum Gasteiger partial charge on any atom is -0.488 e. The van der Waals surface area contributed by atoms with Crippen molar-refractivity contribution in [2.75, 3.05) is 0 Å².